The van der Waals surface area contributed by atoms with Gasteiger partial charge in [-0.05, 0) is 19.3 Å². The molecule has 16 heavy (non-hydrogen) atoms. The van der Waals surface area contributed by atoms with Crippen molar-refractivity contribution >= 4 is 5.91 Å². The van der Waals surface area contributed by atoms with Gasteiger partial charge in [-0.1, -0.05) is 0 Å². The number of nitrogens with one attached hydrogen (secondary N) is 1. The highest BCUT2D eigenvalue weighted by atomic mass is 16.2. The largest absolute Gasteiger partial charge is 0.337 e. The van der Waals surface area contributed by atoms with E-state index in [2.05, 4.69) is 15.1 Å². The Kier molecular flexibility index (Phi) is 2.86. The van der Waals surface area contributed by atoms with Crippen molar-refractivity contribution in [1.82, 2.24) is 15.1 Å². The zero-order valence-electron chi connectivity index (χ0n) is 9.82. The second kappa shape index (κ2) is 4.34. The van der Waals surface area contributed by atoms with Crippen LogP contribution in [-0.2, 0) is 4.79 Å². The van der Waals surface area contributed by atoms with Gasteiger partial charge in [-0.15, -0.1) is 0 Å². The molecule has 0 aromatic carbocycles. The van der Waals surface area contributed by atoms with Crippen molar-refractivity contribution in [2.45, 2.75) is 37.8 Å². The lowest BCUT2D eigenvalue weighted by Crippen LogP contribution is -2.52. The number of amides is 1. The second-order valence-electron chi connectivity index (χ2n) is 5.31. The third-order valence-electron chi connectivity index (χ3n) is 4.02. The van der Waals surface area contributed by atoms with Crippen molar-refractivity contribution in [2.24, 2.45) is 0 Å². The first kappa shape index (κ1) is 10.5. The Labute approximate surface area is 97.0 Å². The minimum atomic E-state index is 0.376. The van der Waals surface area contributed by atoms with Gasteiger partial charge < -0.3 is 10.2 Å². The van der Waals surface area contributed by atoms with Gasteiger partial charge in [0, 0.05) is 51.2 Å². The monoisotopic (exact) mass is 223 g/mol. The standard InChI is InChI=1S/C12H21N3O/c16-12-4-3-11-9-14(7-8-15(11)12)6-5-13-10-1-2-10/h10-11,13H,1-9H2. The first-order valence-corrected chi connectivity index (χ1v) is 6.58. The summed E-state index contributed by atoms with van der Waals surface area (Å²) in [5, 5.41) is 3.55. The maximum absolute atomic E-state index is 11.5. The summed E-state index contributed by atoms with van der Waals surface area (Å²) in [6.45, 7) is 5.37. The molecule has 4 heteroatoms. The van der Waals surface area contributed by atoms with Crippen LogP contribution in [0, 0.1) is 0 Å². The highest BCUT2D eigenvalue weighted by Gasteiger charge is 2.35. The number of rotatable bonds is 4. The summed E-state index contributed by atoms with van der Waals surface area (Å²) < 4.78 is 0. The summed E-state index contributed by atoms with van der Waals surface area (Å²) in [6, 6.07) is 1.33. The second-order valence-corrected chi connectivity index (χ2v) is 5.31. The molecule has 0 aromatic heterocycles. The van der Waals surface area contributed by atoms with E-state index in [9.17, 15) is 4.79 Å². The van der Waals surface area contributed by atoms with Crippen molar-refractivity contribution in [3.63, 3.8) is 0 Å². The van der Waals surface area contributed by atoms with E-state index < -0.39 is 0 Å². The molecule has 2 saturated heterocycles. The van der Waals surface area contributed by atoms with Crippen molar-refractivity contribution in [2.75, 3.05) is 32.7 Å². The molecule has 1 aliphatic carbocycles. The third kappa shape index (κ3) is 2.23. The molecule has 0 bridgehead atoms. The van der Waals surface area contributed by atoms with E-state index in [0.29, 0.717) is 11.9 Å². The Hall–Kier alpha value is -0.610. The van der Waals surface area contributed by atoms with Gasteiger partial charge in [-0.3, -0.25) is 9.69 Å². The van der Waals surface area contributed by atoms with Crippen LogP contribution in [0.2, 0.25) is 0 Å². The molecule has 3 rings (SSSR count). The first-order valence-electron chi connectivity index (χ1n) is 6.58. The lowest BCUT2D eigenvalue weighted by atomic mass is 10.1. The van der Waals surface area contributed by atoms with Crippen LogP contribution in [0.25, 0.3) is 0 Å². The fraction of sp³-hybridized carbons (Fsp3) is 0.917. The maximum Gasteiger partial charge on any atom is 0.222 e. The lowest BCUT2D eigenvalue weighted by molar-refractivity contribution is -0.130. The molecular weight excluding hydrogens is 202 g/mol. The zero-order chi connectivity index (χ0) is 11.0. The normalized spacial score (nSPS) is 30.9. The van der Waals surface area contributed by atoms with Gasteiger partial charge in [0.25, 0.3) is 0 Å². The fourth-order valence-corrected chi connectivity index (χ4v) is 2.85. The summed E-state index contributed by atoms with van der Waals surface area (Å²) in [4.78, 5) is 16.1. The van der Waals surface area contributed by atoms with Crippen LogP contribution in [0.4, 0.5) is 0 Å². The Balaban J connectivity index is 1.42. The molecule has 0 radical (unpaired) electrons. The van der Waals surface area contributed by atoms with Crippen LogP contribution in [0.5, 0.6) is 0 Å². The number of piperazine rings is 1. The quantitative estimate of drug-likeness (QED) is 0.731. The molecule has 2 aliphatic heterocycles. The van der Waals surface area contributed by atoms with E-state index in [-0.39, 0.29) is 0 Å². The van der Waals surface area contributed by atoms with Gasteiger partial charge >= 0.3 is 0 Å². The van der Waals surface area contributed by atoms with Crippen LogP contribution < -0.4 is 5.32 Å². The molecule has 3 aliphatic rings. The average Bonchev–Trinajstić information content (AvgIpc) is 3.04. The topological polar surface area (TPSA) is 35.6 Å². The number of nitrogens with zero attached hydrogens (tertiary/aromatic N) is 2. The van der Waals surface area contributed by atoms with Gasteiger partial charge in [-0.2, -0.15) is 0 Å². The van der Waals surface area contributed by atoms with Crippen LogP contribution in [-0.4, -0.2) is 60.5 Å². The van der Waals surface area contributed by atoms with E-state index >= 15 is 0 Å². The number of carbonyl (C=O) groups excluding carboxylic acids is 1. The van der Waals surface area contributed by atoms with Crippen molar-refractivity contribution in [3.8, 4) is 0 Å². The molecule has 90 valence electrons. The molecule has 1 unspecified atom stereocenters. The lowest BCUT2D eigenvalue weighted by Gasteiger charge is -2.37. The van der Waals surface area contributed by atoms with Gasteiger partial charge in [0.2, 0.25) is 5.91 Å². The van der Waals surface area contributed by atoms with Crippen molar-refractivity contribution in [1.29, 1.82) is 0 Å². The Morgan fingerprint density at radius 1 is 1.25 bits per heavy atom. The van der Waals surface area contributed by atoms with Crippen molar-refractivity contribution < 1.29 is 4.79 Å². The van der Waals surface area contributed by atoms with Crippen LogP contribution >= 0.6 is 0 Å². The highest BCUT2D eigenvalue weighted by molar-refractivity contribution is 5.78. The predicted octanol–water partition coefficient (Wildman–Crippen LogP) is 0.0450. The molecule has 0 aromatic rings. The summed E-state index contributed by atoms with van der Waals surface area (Å²) in [5.74, 6) is 0.376. The molecule has 0 spiro atoms. The molecule has 1 saturated carbocycles. The SMILES string of the molecule is O=C1CCC2CN(CCNC3CC3)CCN12. The molecule has 1 N–H and O–H groups in total. The molecule has 1 atom stereocenters. The number of hydrogen-bond acceptors (Lipinski definition) is 3. The molecule has 2 heterocycles. The number of fused-ring (bicyclic) bond motifs is 1. The smallest absolute Gasteiger partial charge is 0.222 e. The molecule has 3 fully saturated rings. The van der Waals surface area contributed by atoms with Gasteiger partial charge in [0.1, 0.15) is 0 Å². The van der Waals surface area contributed by atoms with Crippen LogP contribution in [0.1, 0.15) is 25.7 Å². The van der Waals surface area contributed by atoms with E-state index in [4.69, 9.17) is 0 Å². The van der Waals surface area contributed by atoms with Crippen LogP contribution in [0.3, 0.4) is 0 Å². The minimum absolute atomic E-state index is 0.376. The van der Waals surface area contributed by atoms with Crippen molar-refractivity contribution in [3.05, 3.63) is 0 Å². The predicted molar refractivity (Wildman–Crippen MR) is 62.2 cm³/mol. The molecular formula is C12H21N3O. The van der Waals surface area contributed by atoms with E-state index in [1.54, 1.807) is 0 Å². The maximum atomic E-state index is 11.5. The summed E-state index contributed by atoms with van der Waals surface area (Å²) >= 11 is 0. The van der Waals surface area contributed by atoms with Gasteiger partial charge in [-0.25, -0.2) is 0 Å². The van der Waals surface area contributed by atoms with E-state index in [0.717, 1.165) is 51.6 Å². The Morgan fingerprint density at radius 3 is 2.94 bits per heavy atom. The minimum Gasteiger partial charge on any atom is -0.337 e. The molecule has 1 amide bonds. The van der Waals surface area contributed by atoms with Gasteiger partial charge in [0.15, 0.2) is 0 Å². The van der Waals surface area contributed by atoms with Crippen LogP contribution in [0.15, 0.2) is 0 Å². The zero-order valence-corrected chi connectivity index (χ0v) is 9.82. The number of carbonyl (C=O) groups is 1. The molecule has 4 nitrogen and oxygen atoms in total. The van der Waals surface area contributed by atoms with Gasteiger partial charge in [0.05, 0.1) is 0 Å². The third-order valence-corrected chi connectivity index (χ3v) is 4.02. The summed E-state index contributed by atoms with van der Waals surface area (Å²) in [7, 11) is 0. The van der Waals surface area contributed by atoms with E-state index in [1.165, 1.54) is 12.8 Å². The highest BCUT2D eigenvalue weighted by Crippen LogP contribution is 2.22. The Bertz CT molecular complexity index is 277. The fourth-order valence-electron chi connectivity index (χ4n) is 2.85. The summed E-state index contributed by atoms with van der Waals surface area (Å²) in [5.41, 5.74) is 0. The average molecular weight is 223 g/mol. The summed E-state index contributed by atoms with van der Waals surface area (Å²) in [6.07, 6.45) is 4.58. The van der Waals surface area contributed by atoms with E-state index in [1.807, 2.05) is 0 Å². The number of hydrogen-bond donors (Lipinski definition) is 1. The Morgan fingerprint density at radius 2 is 2.12 bits per heavy atom. The first-order chi connectivity index (χ1) is 7.83.